The minimum absolute atomic E-state index is 0.0811. The summed E-state index contributed by atoms with van der Waals surface area (Å²) in [6, 6.07) is 1.28. The summed E-state index contributed by atoms with van der Waals surface area (Å²) in [4.78, 5) is 15.4. The van der Waals surface area contributed by atoms with Crippen molar-refractivity contribution in [3.8, 4) is 0 Å². The van der Waals surface area contributed by atoms with Crippen molar-refractivity contribution >= 4 is 33.3 Å². The fraction of sp³-hybridized carbons (Fsp3) is 0.333. The third-order valence-corrected chi connectivity index (χ3v) is 5.18. The van der Waals surface area contributed by atoms with Gasteiger partial charge in [-0.15, -0.1) is 15.6 Å². The number of aryl methyl sites for hydroxylation is 1. The number of rotatable bonds is 3. The molecule has 2 rings (SSSR count). The van der Waals surface area contributed by atoms with Gasteiger partial charge in [-0.05, 0) is 39.3 Å². The van der Waals surface area contributed by atoms with Crippen LogP contribution in [0.25, 0.3) is 0 Å². The van der Waals surface area contributed by atoms with Crippen LogP contribution in [-0.2, 0) is 14.8 Å². The summed E-state index contributed by atoms with van der Waals surface area (Å²) in [5.41, 5.74) is 0.245. The number of aromatic nitrogens is 1. The quantitative estimate of drug-likeness (QED) is 0.795. The molecule has 0 aliphatic carbocycles. The number of hydrogen-bond acceptors (Lipinski definition) is 6. The third kappa shape index (κ3) is 4.13. The van der Waals surface area contributed by atoms with Crippen LogP contribution in [0.5, 0.6) is 0 Å². The van der Waals surface area contributed by atoms with Crippen molar-refractivity contribution in [3.05, 3.63) is 40.2 Å². The summed E-state index contributed by atoms with van der Waals surface area (Å²) in [6.45, 7) is 5.95. The van der Waals surface area contributed by atoms with Crippen LogP contribution in [0.15, 0.2) is 27.9 Å². The zero-order valence-corrected chi connectivity index (χ0v) is 15.5. The summed E-state index contributed by atoms with van der Waals surface area (Å²) < 4.78 is 58.7. The molecule has 0 aliphatic rings. The first kappa shape index (κ1) is 19.3. The number of amides is 1. The third-order valence-electron chi connectivity index (χ3n) is 2.92. The molecule has 0 saturated carbocycles. The molecule has 0 spiro atoms. The van der Waals surface area contributed by atoms with E-state index < -0.39 is 38.2 Å². The second-order valence-electron chi connectivity index (χ2n) is 6.13. The van der Waals surface area contributed by atoms with Crippen molar-refractivity contribution in [1.29, 1.82) is 0 Å². The molecule has 0 radical (unpaired) electrons. The van der Waals surface area contributed by atoms with Gasteiger partial charge in [-0.1, -0.05) is 0 Å². The monoisotopic (exact) mass is 390 g/mol. The Morgan fingerprint density at radius 2 is 1.88 bits per heavy atom. The van der Waals surface area contributed by atoms with Gasteiger partial charge in [0.15, 0.2) is 5.82 Å². The van der Waals surface area contributed by atoms with Gasteiger partial charge in [-0.2, -0.15) is 0 Å². The first-order chi connectivity index (χ1) is 11.4. The van der Waals surface area contributed by atoms with E-state index in [1.165, 1.54) is 17.8 Å². The van der Waals surface area contributed by atoms with Gasteiger partial charge in [0.2, 0.25) is 0 Å². The minimum atomic E-state index is -4.70. The molecule has 1 amide bonds. The lowest BCUT2D eigenvalue weighted by Crippen LogP contribution is -2.41. The number of hydrogen-bond donors (Lipinski definition) is 0. The zero-order valence-electron chi connectivity index (χ0n) is 13.9. The average Bonchev–Trinajstić information content (AvgIpc) is 2.94. The van der Waals surface area contributed by atoms with Crippen LogP contribution < -0.4 is 4.31 Å². The smallest absolute Gasteiger partial charge is 0.430 e. The summed E-state index contributed by atoms with van der Waals surface area (Å²) >= 11 is 1.05. The molecular weight excluding hydrogens is 374 g/mol. The molecule has 0 bridgehead atoms. The lowest BCUT2D eigenvalue weighted by molar-refractivity contribution is 0.0608. The molecule has 25 heavy (non-hydrogen) atoms. The molecule has 0 N–H and O–H groups in total. The second kappa shape index (κ2) is 6.68. The van der Waals surface area contributed by atoms with Gasteiger partial charge in [0.05, 0.1) is 5.51 Å². The van der Waals surface area contributed by atoms with Gasteiger partial charge in [0.25, 0.3) is 10.0 Å². The van der Waals surface area contributed by atoms with E-state index in [-0.39, 0.29) is 15.7 Å². The SMILES string of the molecule is Cc1cc(S(=O)(=O)N(C(=O)OC(C)(C)C)c2cscn2)c(F)cc1F. The average molecular weight is 390 g/mol. The van der Waals surface area contributed by atoms with E-state index in [2.05, 4.69) is 4.98 Å². The topological polar surface area (TPSA) is 76.6 Å². The van der Waals surface area contributed by atoms with Crippen LogP contribution in [0.3, 0.4) is 0 Å². The maximum atomic E-state index is 14.1. The van der Waals surface area contributed by atoms with Gasteiger partial charge in [0.1, 0.15) is 22.1 Å². The van der Waals surface area contributed by atoms with Crippen LogP contribution in [0.4, 0.5) is 19.4 Å². The number of carbonyl (C=O) groups excluding carboxylic acids is 1. The van der Waals surface area contributed by atoms with E-state index in [9.17, 15) is 22.0 Å². The van der Waals surface area contributed by atoms with E-state index in [0.717, 1.165) is 17.4 Å². The Labute approximate surface area is 148 Å². The van der Waals surface area contributed by atoms with Crippen molar-refractivity contribution in [1.82, 2.24) is 4.98 Å². The van der Waals surface area contributed by atoms with E-state index in [1.807, 2.05) is 0 Å². The number of nitrogens with zero attached hydrogens (tertiary/aromatic N) is 2. The summed E-state index contributed by atoms with van der Waals surface area (Å²) in [7, 11) is -4.70. The van der Waals surface area contributed by atoms with Gasteiger partial charge in [-0.3, -0.25) is 0 Å². The molecule has 0 atom stereocenters. The Bertz CT molecular complexity index is 891. The number of anilines is 1. The predicted octanol–water partition coefficient (Wildman–Crippen LogP) is 3.86. The Balaban J connectivity index is 2.61. The Kier molecular flexibility index (Phi) is 5.14. The Hall–Kier alpha value is -2.07. The first-order valence-electron chi connectivity index (χ1n) is 7.05. The molecule has 0 saturated heterocycles. The predicted molar refractivity (Wildman–Crippen MR) is 89.1 cm³/mol. The fourth-order valence-electron chi connectivity index (χ4n) is 1.85. The van der Waals surface area contributed by atoms with Crippen molar-refractivity contribution in [2.45, 2.75) is 38.2 Å². The molecule has 0 unspecified atom stereocenters. The highest BCUT2D eigenvalue weighted by atomic mass is 32.2. The van der Waals surface area contributed by atoms with E-state index in [4.69, 9.17) is 4.74 Å². The van der Waals surface area contributed by atoms with Crippen molar-refractivity contribution in [2.24, 2.45) is 0 Å². The molecule has 10 heteroatoms. The molecular formula is C15H16F2N2O4S2. The molecule has 1 aromatic heterocycles. The molecule has 2 aromatic rings. The number of halogens is 2. The van der Waals surface area contributed by atoms with Crippen molar-refractivity contribution < 1.29 is 26.7 Å². The largest absolute Gasteiger partial charge is 0.443 e. The summed E-state index contributed by atoms with van der Waals surface area (Å²) in [6.07, 6.45) is -1.24. The molecule has 0 aliphatic heterocycles. The maximum Gasteiger partial charge on any atom is 0.430 e. The number of carbonyl (C=O) groups is 1. The van der Waals surface area contributed by atoms with Crippen molar-refractivity contribution in [2.75, 3.05) is 4.31 Å². The normalized spacial score (nSPS) is 12.1. The van der Waals surface area contributed by atoms with E-state index >= 15 is 0 Å². The fourth-order valence-corrected chi connectivity index (χ4v) is 3.84. The van der Waals surface area contributed by atoms with Crippen LogP contribution >= 0.6 is 11.3 Å². The number of thiazole rings is 1. The molecule has 0 fully saturated rings. The lowest BCUT2D eigenvalue weighted by atomic mass is 10.2. The van der Waals surface area contributed by atoms with E-state index in [1.54, 1.807) is 20.8 Å². The number of ether oxygens (including phenoxy) is 1. The highest BCUT2D eigenvalue weighted by molar-refractivity contribution is 7.93. The van der Waals surface area contributed by atoms with Gasteiger partial charge in [0, 0.05) is 11.4 Å². The van der Waals surface area contributed by atoms with Crippen LogP contribution in [0, 0.1) is 18.6 Å². The summed E-state index contributed by atoms with van der Waals surface area (Å²) in [5, 5.41) is 1.30. The molecule has 1 aromatic carbocycles. The zero-order chi connectivity index (χ0) is 19.0. The Morgan fingerprint density at radius 1 is 1.24 bits per heavy atom. The highest BCUT2D eigenvalue weighted by Crippen LogP contribution is 2.28. The molecule has 6 nitrogen and oxygen atoms in total. The molecule has 1 heterocycles. The number of benzene rings is 1. The first-order valence-corrected chi connectivity index (χ1v) is 9.44. The Morgan fingerprint density at radius 3 is 2.40 bits per heavy atom. The second-order valence-corrected chi connectivity index (χ2v) is 8.60. The van der Waals surface area contributed by atoms with E-state index in [0.29, 0.717) is 6.07 Å². The van der Waals surface area contributed by atoms with Crippen LogP contribution in [0.1, 0.15) is 26.3 Å². The standard InChI is InChI=1S/C15H16F2N2O4S2/c1-9-5-12(11(17)6-10(9)16)25(21,22)19(13-7-24-8-18-13)14(20)23-15(2,3)4/h5-8H,1-4H3. The molecule has 136 valence electrons. The number of sulfonamides is 1. The van der Waals surface area contributed by atoms with Gasteiger partial charge >= 0.3 is 6.09 Å². The summed E-state index contributed by atoms with van der Waals surface area (Å²) in [5.74, 6) is -2.44. The van der Waals surface area contributed by atoms with Crippen molar-refractivity contribution in [3.63, 3.8) is 0 Å². The highest BCUT2D eigenvalue weighted by Gasteiger charge is 2.37. The van der Waals surface area contributed by atoms with Gasteiger partial charge < -0.3 is 4.74 Å². The van der Waals surface area contributed by atoms with Gasteiger partial charge in [-0.25, -0.2) is 27.0 Å². The van der Waals surface area contributed by atoms with Crippen LogP contribution in [0.2, 0.25) is 0 Å². The maximum absolute atomic E-state index is 14.1. The lowest BCUT2D eigenvalue weighted by Gasteiger charge is -2.25. The van der Waals surface area contributed by atoms with Crippen LogP contribution in [-0.4, -0.2) is 25.1 Å². The minimum Gasteiger partial charge on any atom is -0.443 e.